The first-order valence-electron chi connectivity index (χ1n) is 17.6. The summed E-state index contributed by atoms with van der Waals surface area (Å²) < 4.78 is 36.0. The fraction of sp³-hybridized carbons (Fsp3) is 0.568. The van der Waals surface area contributed by atoms with Crippen molar-refractivity contribution in [2.24, 2.45) is 22.1 Å². The molecule has 2 bridgehead atoms. The summed E-state index contributed by atoms with van der Waals surface area (Å²) >= 11 is 6.45. The van der Waals surface area contributed by atoms with E-state index < -0.39 is 21.9 Å². The van der Waals surface area contributed by atoms with E-state index in [0.717, 1.165) is 49.4 Å². The summed E-state index contributed by atoms with van der Waals surface area (Å²) in [5, 5.41) is 2.78. The number of anilines is 1. The highest BCUT2D eigenvalue weighted by Gasteiger charge is 2.38. The second-order valence-corrected chi connectivity index (χ2v) is 15.3. The van der Waals surface area contributed by atoms with Gasteiger partial charge in [-0.1, -0.05) is 36.7 Å². The lowest BCUT2D eigenvalue weighted by Gasteiger charge is -2.43. The molecular formula is C37H48ClN4O6S-. The molecule has 3 amide bonds. The number of amides is 3. The number of rotatable bonds is 4. The number of carbonyl (C=O) groups excluding carboxylic acids is 2. The molecule has 0 aromatic heterocycles. The Bertz CT molecular complexity index is 1620. The first kappa shape index (κ1) is 35.7. The van der Waals surface area contributed by atoms with E-state index in [2.05, 4.69) is 38.9 Å². The molecule has 10 nitrogen and oxygen atoms in total. The summed E-state index contributed by atoms with van der Waals surface area (Å²) in [6.45, 7) is 7.27. The van der Waals surface area contributed by atoms with Gasteiger partial charge in [-0.2, -0.15) is 10.6 Å². The van der Waals surface area contributed by atoms with E-state index in [-0.39, 0.29) is 24.2 Å². The van der Waals surface area contributed by atoms with Crippen molar-refractivity contribution in [1.29, 1.82) is 0 Å². The van der Waals surface area contributed by atoms with Gasteiger partial charge in [-0.05, 0) is 110 Å². The zero-order valence-corrected chi connectivity index (χ0v) is 30.2. The lowest BCUT2D eigenvalue weighted by Crippen LogP contribution is -2.59. The number of ether oxygens (including phenoxy) is 3. The van der Waals surface area contributed by atoms with Crippen LogP contribution in [0.1, 0.15) is 67.4 Å². The highest BCUT2D eigenvalue weighted by Crippen LogP contribution is 2.42. The quantitative estimate of drug-likeness (QED) is 0.276. The number of methoxy groups -OCH3 is 1. The summed E-state index contributed by atoms with van der Waals surface area (Å²) in [5.41, 5.74) is 3.53. The van der Waals surface area contributed by atoms with Crippen molar-refractivity contribution < 1.29 is 28.0 Å². The van der Waals surface area contributed by atoms with Gasteiger partial charge in [0.15, 0.2) is 0 Å². The molecule has 4 aliphatic rings. The lowest BCUT2D eigenvalue weighted by molar-refractivity contribution is -0.0302. The SMILES string of the molecule is CCOC1CN(C(=O)NC2C(C)CC=CC(OC)C3CCC3CN3Cc4ccc(Cl)cc4CCCCOc4ccc(cc43)C(=O)N=[S-]2=O)C1. The Morgan fingerprint density at radius 1 is 1.12 bits per heavy atom. The van der Waals surface area contributed by atoms with Gasteiger partial charge in [0.05, 0.1) is 37.6 Å². The van der Waals surface area contributed by atoms with Gasteiger partial charge in [0.25, 0.3) is 5.91 Å². The molecule has 5 atom stereocenters. The van der Waals surface area contributed by atoms with Gasteiger partial charge in [0.2, 0.25) is 0 Å². The molecule has 1 aliphatic carbocycles. The van der Waals surface area contributed by atoms with Crippen LogP contribution in [0, 0.1) is 17.8 Å². The number of likely N-dealkylation sites (tertiary alicyclic amines) is 1. The summed E-state index contributed by atoms with van der Waals surface area (Å²) in [7, 11) is -0.294. The average molecular weight is 712 g/mol. The van der Waals surface area contributed by atoms with Crippen LogP contribution in [0.15, 0.2) is 52.9 Å². The van der Waals surface area contributed by atoms with E-state index in [1.807, 2.05) is 32.0 Å². The lowest BCUT2D eigenvalue weighted by atomic mass is 9.70. The number of allylic oxidation sites excluding steroid dienone is 1. The predicted molar refractivity (Wildman–Crippen MR) is 191 cm³/mol. The Kier molecular flexibility index (Phi) is 11.9. The number of nitrogens with zero attached hydrogens (tertiary/aromatic N) is 3. The molecule has 3 aliphatic heterocycles. The number of nitrogens with one attached hydrogen (secondary N) is 1. The van der Waals surface area contributed by atoms with E-state index >= 15 is 0 Å². The van der Waals surface area contributed by atoms with Gasteiger partial charge in [-0.3, -0.25) is 4.79 Å². The Balaban J connectivity index is 1.37. The van der Waals surface area contributed by atoms with E-state index in [1.165, 1.54) is 11.1 Å². The van der Waals surface area contributed by atoms with Crippen molar-refractivity contribution in [3.05, 3.63) is 70.3 Å². The van der Waals surface area contributed by atoms with Crippen LogP contribution >= 0.6 is 11.6 Å². The van der Waals surface area contributed by atoms with Gasteiger partial charge >= 0.3 is 6.03 Å². The maximum Gasteiger partial charge on any atom is 0.316 e. The maximum atomic E-state index is 13.8. The molecule has 3 heterocycles. The van der Waals surface area contributed by atoms with E-state index in [0.29, 0.717) is 62.4 Å². The smallest absolute Gasteiger partial charge is 0.316 e. The molecule has 5 unspecified atom stereocenters. The normalized spacial score (nSPS) is 26.9. The van der Waals surface area contributed by atoms with Crippen molar-refractivity contribution in [2.45, 2.75) is 76.5 Å². The average Bonchev–Trinajstić information content (AvgIpc) is 3.08. The Labute approximate surface area is 296 Å². The highest BCUT2D eigenvalue weighted by atomic mass is 35.5. The molecule has 1 N–H and O–H groups in total. The number of hydrogen-bond acceptors (Lipinski definition) is 8. The minimum Gasteiger partial charge on any atom is -0.491 e. The zero-order valence-electron chi connectivity index (χ0n) is 28.6. The highest BCUT2D eigenvalue weighted by molar-refractivity contribution is 7.75. The molecule has 266 valence electrons. The van der Waals surface area contributed by atoms with Gasteiger partial charge in [0, 0.05) is 37.4 Å². The Morgan fingerprint density at radius 2 is 1.96 bits per heavy atom. The second kappa shape index (κ2) is 16.3. The van der Waals surface area contributed by atoms with Crippen molar-refractivity contribution >= 4 is 39.8 Å². The number of halogens is 1. The Morgan fingerprint density at radius 3 is 2.71 bits per heavy atom. The minimum absolute atomic E-state index is 0.00318. The largest absolute Gasteiger partial charge is 0.491 e. The molecule has 2 fully saturated rings. The third-order valence-corrected chi connectivity index (χ3v) is 11.9. The summed E-state index contributed by atoms with van der Waals surface area (Å²) in [6.07, 6.45) is 9.46. The summed E-state index contributed by atoms with van der Waals surface area (Å²) in [6, 6.07) is 11.1. The van der Waals surface area contributed by atoms with Crippen molar-refractivity contribution in [2.75, 3.05) is 44.9 Å². The van der Waals surface area contributed by atoms with Gasteiger partial charge in [0.1, 0.15) is 5.75 Å². The third-order valence-electron chi connectivity index (χ3n) is 10.3. The number of fused-ring (bicyclic) bond motifs is 3. The first-order valence-corrected chi connectivity index (χ1v) is 19.1. The third kappa shape index (κ3) is 8.44. The van der Waals surface area contributed by atoms with Crippen LogP contribution < -0.4 is 15.0 Å². The number of hydrogen-bond donors (Lipinski definition) is 1. The molecule has 0 spiro atoms. The number of carbonyl (C=O) groups is 2. The topological polar surface area (TPSA) is 110 Å². The molecule has 1 saturated heterocycles. The molecule has 12 heteroatoms. The van der Waals surface area contributed by atoms with Crippen molar-refractivity contribution in [3.8, 4) is 5.75 Å². The van der Waals surface area contributed by atoms with Crippen LogP contribution in [0.4, 0.5) is 10.5 Å². The van der Waals surface area contributed by atoms with Crippen molar-refractivity contribution in [1.82, 2.24) is 10.2 Å². The monoisotopic (exact) mass is 711 g/mol. The molecular weight excluding hydrogens is 664 g/mol. The Hall–Kier alpha value is -3.12. The predicted octanol–water partition coefficient (Wildman–Crippen LogP) is 6.74. The summed E-state index contributed by atoms with van der Waals surface area (Å²) in [5.74, 6) is 0.501. The number of urea groups is 1. The molecule has 0 radical (unpaired) electrons. The molecule has 1 saturated carbocycles. The van der Waals surface area contributed by atoms with Crippen LogP contribution in [-0.2, 0) is 37.2 Å². The van der Waals surface area contributed by atoms with Crippen LogP contribution in [0.5, 0.6) is 5.75 Å². The molecule has 49 heavy (non-hydrogen) atoms. The van der Waals surface area contributed by atoms with E-state index in [1.54, 1.807) is 18.1 Å². The fourth-order valence-electron chi connectivity index (χ4n) is 7.28. The van der Waals surface area contributed by atoms with E-state index in [4.69, 9.17) is 25.8 Å². The van der Waals surface area contributed by atoms with Gasteiger partial charge in [-0.15, -0.1) is 0 Å². The van der Waals surface area contributed by atoms with Gasteiger partial charge < -0.3 is 37.9 Å². The second-order valence-electron chi connectivity index (χ2n) is 13.6. The van der Waals surface area contributed by atoms with Crippen LogP contribution in [-0.4, -0.2) is 74.4 Å². The van der Waals surface area contributed by atoms with Crippen LogP contribution in [0.25, 0.3) is 0 Å². The fourth-order valence-corrected chi connectivity index (χ4v) is 8.57. The van der Waals surface area contributed by atoms with E-state index in [9.17, 15) is 13.8 Å². The van der Waals surface area contributed by atoms with Crippen LogP contribution in [0.3, 0.4) is 0 Å². The minimum atomic E-state index is -2.04. The zero-order chi connectivity index (χ0) is 34.5. The number of benzene rings is 2. The molecule has 2 aromatic carbocycles. The molecule has 2 aromatic rings. The number of aryl methyl sites for hydroxylation is 1. The van der Waals surface area contributed by atoms with Crippen LogP contribution in [0.2, 0.25) is 5.02 Å². The standard InChI is InChI=1S/C37H48ClN4O6S/c1-4-47-30-22-42(23-30)37(44)39-36-24(2)8-7-10-33(46-3)31-15-12-28(31)21-41-20-27-11-14-29(38)18-25(27)9-5-6-17-48-34-16-13-26(19-32(34)41)35(43)40-49(36)45/h7,10-11,13-14,16,18-19,24,28,30-31,33,36H,4-6,8-9,12,15,17,20-23H2,1-3H3,(H,39,44)/q-1. The van der Waals surface area contributed by atoms with Gasteiger partial charge in [-0.25, -0.2) is 4.79 Å². The first-order chi connectivity index (χ1) is 23.7. The van der Waals surface area contributed by atoms with Crippen molar-refractivity contribution in [3.63, 3.8) is 0 Å². The summed E-state index contributed by atoms with van der Waals surface area (Å²) in [4.78, 5) is 30.9. The molecule has 6 rings (SSSR count). The maximum absolute atomic E-state index is 13.8.